The van der Waals surface area contributed by atoms with Crippen LogP contribution in [0.4, 0.5) is 0 Å². The number of piperidine rings is 1. The molecule has 122 valence electrons. The number of nitrogens with one attached hydrogen (secondary N) is 1. The highest BCUT2D eigenvalue weighted by atomic mass is 16.5. The Bertz CT molecular complexity index is 344. The lowest BCUT2D eigenvalue weighted by molar-refractivity contribution is -0.139. The predicted octanol–water partition coefficient (Wildman–Crippen LogP) is 1.25. The van der Waals surface area contributed by atoms with E-state index < -0.39 is 5.97 Å². The van der Waals surface area contributed by atoms with Gasteiger partial charge in [0, 0.05) is 31.6 Å². The third-order valence-corrected chi connectivity index (χ3v) is 3.46. The zero-order valence-corrected chi connectivity index (χ0v) is 13.4. The second-order valence-corrected chi connectivity index (χ2v) is 6.52. The van der Waals surface area contributed by atoms with Gasteiger partial charge in [-0.3, -0.25) is 9.59 Å². The van der Waals surface area contributed by atoms with Crippen molar-refractivity contribution in [2.75, 3.05) is 26.2 Å². The highest BCUT2D eigenvalue weighted by Crippen LogP contribution is 2.14. The van der Waals surface area contributed by atoms with Crippen LogP contribution in [0, 0.1) is 0 Å². The molecule has 0 saturated carbocycles. The van der Waals surface area contributed by atoms with Gasteiger partial charge in [-0.25, -0.2) is 0 Å². The Hall–Kier alpha value is -1.14. The van der Waals surface area contributed by atoms with Crippen molar-refractivity contribution < 1.29 is 19.4 Å². The number of nitrogens with zero attached hydrogens (tertiary/aromatic N) is 1. The number of amides is 1. The van der Waals surface area contributed by atoms with Crippen LogP contribution in [0.25, 0.3) is 0 Å². The van der Waals surface area contributed by atoms with Crippen molar-refractivity contribution in [1.29, 1.82) is 0 Å². The highest BCUT2D eigenvalue weighted by Gasteiger charge is 2.23. The first-order valence-electron chi connectivity index (χ1n) is 7.64. The van der Waals surface area contributed by atoms with E-state index in [0.29, 0.717) is 26.1 Å². The summed E-state index contributed by atoms with van der Waals surface area (Å²) in [6.45, 7) is 8.59. The molecule has 21 heavy (non-hydrogen) atoms. The second kappa shape index (κ2) is 8.34. The summed E-state index contributed by atoms with van der Waals surface area (Å²) >= 11 is 0. The van der Waals surface area contributed by atoms with Gasteiger partial charge in [0.15, 0.2) is 0 Å². The van der Waals surface area contributed by atoms with Crippen LogP contribution in [0.1, 0.15) is 46.5 Å². The largest absolute Gasteiger partial charge is 0.481 e. The van der Waals surface area contributed by atoms with Crippen molar-refractivity contribution in [2.45, 2.75) is 58.1 Å². The Morgan fingerprint density at radius 2 is 1.86 bits per heavy atom. The molecule has 1 amide bonds. The van der Waals surface area contributed by atoms with Gasteiger partial charge in [0.1, 0.15) is 0 Å². The molecule has 0 aromatic rings. The Balaban J connectivity index is 2.17. The Kier molecular flexibility index (Phi) is 7.11. The van der Waals surface area contributed by atoms with Crippen LogP contribution in [0.5, 0.6) is 0 Å². The molecule has 0 unspecified atom stereocenters. The molecule has 1 rings (SSSR count). The van der Waals surface area contributed by atoms with Gasteiger partial charge in [0.05, 0.1) is 19.1 Å². The molecule has 1 saturated heterocycles. The molecule has 0 aliphatic carbocycles. The van der Waals surface area contributed by atoms with Gasteiger partial charge in [0.2, 0.25) is 5.91 Å². The highest BCUT2D eigenvalue weighted by molar-refractivity contribution is 5.76. The summed E-state index contributed by atoms with van der Waals surface area (Å²) in [4.78, 5) is 24.4. The van der Waals surface area contributed by atoms with Crippen molar-refractivity contribution in [2.24, 2.45) is 0 Å². The van der Waals surface area contributed by atoms with Crippen molar-refractivity contribution in [3.05, 3.63) is 0 Å². The number of aliphatic carboxylic acids is 1. The molecule has 2 N–H and O–H groups in total. The maximum atomic E-state index is 12.1. The number of likely N-dealkylation sites (tertiary alicyclic amines) is 1. The number of carbonyl (C=O) groups is 2. The Morgan fingerprint density at radius 3 is 2.38 bits per heavy atom. The molecule has 0 aromatic heterocycles. The minimum absolute atomic E-state index is 0.0330. The number of carbonyl (C=O) groups excluding carboxylic acids is 1. The minimum Gasteiger partial charge on any atom is -0.481 e. The molecule has 0 radical (unpaired) electrons. The first kappa shape index (κ1) is 17.9. The lowest BCUT2D eigenvalue weighted by atomic mass is 10.1. The van der Waals surface area contributed by atoms with E-state index in [9.17, 15) is 9.59 Å². The van der Waals surface area contributed by atoms with Gasteiger partial charge >= 0.3 is 5.97 Å². The zero-order valence-electron chi connectivity index (χ0n) is 13.4. The number of carboxylic acids is 1. The summed E-state index contributed by atoms with van der Waals surface area (Å²) in [7, 11) is 0. The fraction of sp³-hybridized carbons (Fsp3) is 0.867. The average Bonchev–Trinajstić information content (AvgIpc) is 2.37. The summed E-state index contributed by atoms with van der Waals surface area (Å²) in [5, 5.41) is 11.9. The van der Waals surface area contributed by atoms with Crippen molar-refractivity contribution in [3.8, 4) is 0 Å². The van der Waals surface area contributed by atoms with Crippen LogP contribution in [0.2, 0.25) is 0 Å². The molecule has 0 bridgehead atoms. The van der Waals surface area contributed by atoms with E-state index in [0.717, 1.165) is 12.8 Å². The quantitative estimate of drug-likeness (QED) is 0.740. The van der Waals surface area contributed by atoms with E-state index in [4.69, 9.17) is 9.84 Å². The van der Waals surface area contributed by atoms with Crippen LogP contribution in [0.15, 0.2) is 0 Å². The van der Waals surface area contributed by atoms with Crippen LogP contribution in [-0.4, -0.2) is 59.8 Å². The number of hydrogen-bond acceptors (Lipinski definition) is 4. The Morgan fingerprint density at radius 1 is 1.24 bits per heavy atom. The SMILES string of the molecule is CC(C)(C)NCCC(=O)N1CCC(OCCC(=O)O)CC1. The summed E-state index contributed by atoms with van der Waals surface area (Å²) in [5.41, 5.74) is 0.0330. The maximum absolute atomic E-state index is 12.1. The van der Waals surface area contributed by atoms with Gasteiger partial charge in [-0.15, -0.1) is 0 Å². The van der Waals surface area contributed by atoms with E-state index in [-0.39, 0.29) is 30.6 Å². The number of ether oxygens (including phenoxy) is 1. The molecular formula is C15H28N2O4. The van der Waals surface area contributed by atoms with Crippen molar-refractivity contribution in [3.63, 3.8) is 0 Å². The van der Waals surface area contributed by atoms with Crippen molar-refractivity contribution in [1.82, 2.24) is 10.2 Å². The molecular weight excluding hydrogens is 272 g/mol. The van der Waals surface area contributed by atoms with E-state index in [1.807, 2.05) is 4.90 Å². The monoisotopic (exact) mass is 300 g/mol. The van der Waals surface area contributed by atoms with Gasteiger partial charge in [-0.1, -0.05) is 0 Å². The van der Waals surface area contributed by atoms with Crippen LogP contribution in [-0.2, 0) is 14.3 Å². The van der Waals surface area contributed by atoms with Crippen molar-refractivity contribution >= 4 is 11.9 Å². The number of carboxylic acid groups (broad SMARTS) is 1. The third-order valence-electron chi connectivity index (χ3n) is 3.46. The number of rotatable bonds is 7. The average molecular weight is 300 g/mol. The first-order chi connectivity index (χ1) is 9.78. The lowest BCUT2D eigenvalue weighted by Crippen LogP contribution is -2.43. The van der Waals surface area contributed by atoms with Gasteiger partial charge in [-0.05, 0) is 33.6 Å². The smallest absolute Gasteiger partial charge is 0.305 e. The first-order valence-corrected chi connectivity index (χ1v) is 7.64. The van der Waals surface area contributed by atoms with E-state index in [2.05, 4.69) is 26.1 Å². The molecule has 0 aromatic carbocycles. The molecule has 1 aliphatic heterocycles. The maximum Gasteiger partial charge on any atom is 0.305 e. The van der Waals surface area contributed by atoms with E-state index >= 15 is 0 Å². The fourth-order valence-corrected chi connectivity index (χ4v) is 2.29. The molecule has 0 atom stereocenters. The molecule has 6 nitrogen and oxygen atoms in total. The third kappa shape index (κ3) is 8.02. The summed E-state index contributed by atoms with van der Waals surface area (Å²) in [6, 6.07) is 0. The minimum atomic E-state index is -0.839. The summed E-state index contributed by atoms with van der Waals surface area (Å²) in [6.07, 6.45) is 2.22. The predicted molar refractivity (Wildman–Crippen MR) is 80.2 cm³/mol. The molecule has 6 heteroatoms. The van der Waals surface area contributed by atoms with E-state index in [1.54, 1.807) is 0 Å². The molecule has 1 fully saturated rings. The summed E-state index contributed by atoms with van der Waals surface area (Å²) < 4.78 is 5.52. The van der Waals surface area contributed by atoms with E-state index in [1.165, 1.54) is 0 Å². The Labute approximate surface area is 126 Å². The normalized spacial score (nSPS) is 17.0. The number of hydrogen-bond donors (Lipinski definition) is 2. The second-order valence-electron chi connectivity index (χ2n) is 6.52. The molecule has 0 spiro atoms. The molecule has 1 heterocycles. The van der Waals surface area contributed by atoms with Gasteiger partial charge < -0.3 is 20.1 Å². The van der Waals surface area contributed by atoms with Gasteiger partial charge in [-0.2, -0.15) is 0 Å². The summed E-state index contributed by atoms with van der Waals surface area (Å²) in [5.74, 6) is -0.662. The van der Waals surface area contributed by atoms with Crippen LogP contribution in [0.3, 0.4) is 0 Å². The standard InChI is InChI=1S/C15H28N2O4/c1-15(2,3)16-8-4-13(18)17-9-5-12(6-10-17)21-11-7-14(19)20/h12,16H,4-11H2,1-3H3,(H,19,20). The molecule has 1 aliphatic rings. The lowest BCUT2D eigenvalue weighted by Gasteiger charge is -2.32. The topological polar surface area (TPSA) is 78.9 Å². The van der Waals surface area contributed by atoms with Crippen LogP contribution >= 0.6 is 0 Å². The zero-order chi connectivity index (χ0) is 15.9. The van der Waals surface area contributed by atoms with Crippen LogP contribution < -0.4 is 5.32 Å². The fourth-order valence-electron chi connectivity index (χ4n) is 2.29. The van der Waals surface area contributed by atoms with Gasteiger partial charge in [0.25, 0.3) is 0 Å².